The van der Waals surface area contributed by atoms with Crippen LogP contribution in [0.3, 0.4) is 0 Å². The van der Waals surface area contributed by atoms with Gasteiger partial charge in [-0.3, -0.25) is 0 Å². The molecule has 0 bridgehead atoms. The Hall–Kier alpha value is -1.13. The van der Waals surface area contributed by atoms with Crippen LogP contribution >= 0.6 is 12.4 Å². The Bertz CT molecular complexity index is 604. The van der Waals surface area contributed by atoms with E-state index in [2.05, 4.69) is 4.72 Å². The Labute approximate surface area is 125 Å². The summed E-state index contributed by atoms with van der Waals surface area (Å²) in [6.45, 7) is 0.296. The van der Waals surface area contributed by atoms with Crippen molar-refractivity contribution in [3.05, 3.63) is 29.8 Å². The molecule has 0 aliphatic heterocycles. The van der Waals surface area contributed by atoms with Gasteiger partial charge in [0.1, 0.15) is 0 Å². The first-order chi connectivity index (χ1) is 9.01. The molecule has 0 saturated heterocycles. The molecule has 7 heteroatoms. The van der Waals surface area contributed by atoms with Crippen molar-refractivity contribution in [2.45, 2.75) is 36.1 Å². The lowest BCUT2D eigenvalue weighted by Crippen LogP contribution is -2.51. The Morgan fingerprint density at radius 3 is 2.55 bits per heavy atom. The molecule has 1 aromatic rings. The lowest BCUT2D eigenvalue weighted by Gasteiger charge is -2.28. The molecule has 2 rings (SSSR count). The van der Waals surface area contributed by atoms with E-state index >= 15 is 0 Å². The average Bonchev–Trinajstić information content (AvgIpc) is 2.87. The summed E-state index contributed by atoms with van der Waals surface area (Å²) in [7, 11) is -3.63. The second kappa shape index (κ2) is 6.55. The third-order valence-electron chi connectivity index (χ3n) is 3.58. The van der Waals surface area contributed by atoms with Gasteiger partial charge in [0.15, 0.2) is 0 Å². The van der Waals surface area contributed by atoms with Crippen molar-refractivity contribution in [1.29, 1.82) is 5.26 Å². The molecular weight excluding hydrogens is 298 g/mol. The molecule has 0 unspecified atom stereocenters. The zero-order valence-corrected chi connectivity index (χ0v) is 12.6. The molecule has 0 heterocycles. The summed E-state index contributed by atoms with van der Waals surface area (Å²) in [4.78, 5) is 0.117. The molecule has 1 aliphatic carbocycles. The molecule has 0 amide bonds. The second-order valence-corrected chi connectivity index (χ2v) is 6.62. The molecule has 0 aromatic heterocycles. The molecule has 1 aromatic carbocycles. The number of hydrogen-bond donors (Lipinski definition) is 2. The van der Waals surface area contributed by atoms with Crippen LogP contribution in [0.25, 0.3) is 0 Å². The van der Waals surface area contributed by atoms with Gasteiger partial charge in [-0.05, 0) is 31.0 Å². The Morgan fingerprint density at radius 1 is 1.35 bits per heavy atom. The minimum atomic E-state index is -3.63. The number of sulfonamides is 1. The topological polar surface area (TPSA) is 96.0 Å². The fourth-order valence-electron chi connectivity index (χ4n) is 2.48. The molecule has 1 fully saturated rings. The summed E-state index contributed by atoms with van der Waals surface area (Å²) in [6.07, 6.45) is 3.50. The van der Waals surface area contributed by atoms with Gasteiger partial charge < -0.3 is 5.73 Å². The van der Waals surface area contributed by atoms with E-state index in [0.717, 1.165) is 25.7 Å². The van der Waals surface area contributed by atoms with E-state index in [1.807, 2.05) is 6.07 Å². The van der Waals surface area contributed by atoms with Gasteiger partial charge in [-0.2, -0.15) is 5.26 Å². The molecule has 5 nitrogen and oxygen atoms in total. The SMILES string of the molecule is Cl.N#Cc1cccc(S(=O)(=O)NC2(CN)CCCC2)c1. The van der Waals surface area contributed by atoms with Crippen LogP contribution in [0.5, 0.6) is 0 Å². The Balaban J connectivity index is 0.00000200. The quantitative estimate of drug-likeness (QED) is 0.880. The largest absolute Gasteiger partial charge is 0.329 e. The third-order valence-corrected chi connectivity index (χ3v) is 5.15. The number of nitrogens with zero attached hydrogens (tertiary/aromatic N) is 1. The van der Waals surface area contributed by atoms with E-state index in [9.17, 15) is 8.42 Å². The molecular formula is C13H18ClN3O2S. The van der Waals surface area contributed by atoms with Crippen molar-refractivity contribution in [2.75, 3.05) is 6.54 Å². The van der Waals surface area contributed by atoms with Crippen LogP contribution in [-0.2, 0) is 10.0 Å². The van der Waals surface area contributed by atoms with Crippen molar-refractivity contribution < 1.29 is 8.42 Å². The van der Waals surface area contributed by atoms with Crippen LogP contribution in [-0.4, -0.2) is 20.5 Å². The fourth-order valence-corrected chi connectivity index (χ4v) is 3.99. The maximum absolute atomic E-state index is 12.3. The molecule has 0 spiro atoms. The highest BCUT2D eigenvalue weighted by Crippen LogP contribution is 2.30. The first-order valence-electron chi connectivity index (χ1n) is 6.26. The molecule has 20 heavy (non-hydrogen) atoms. The standard InChI is InChI=1S/C13H17N3O2S.ClH/c14-9-11-4-3-5-12(8-11)19(17,18)16-13(10-15)6-1-2-7-13;/h3-5,8,16H,1-2,6-7,10,15H2;1H. The molecule has 110 valence electrons. The first kappa shape index (κ1) is 16.9. The summed E-state index contributed by atoms with van der Waals surface area (Å²) in [5, 5.41) is 8.82. The fraction of sp³-hybridized carbons (Fsp3) is 0.462. The van der Waals surface area contributed by atoms with Gasteiger partial charge in [0.25, 0.3) is 0 Å². The van der Waals surface area contributed by atoms with Crippen molar-refractivity contribution in [3.8, 4) is 6.07 Å². The van der Waals surface area contributed by atoms with Gasteiger partial charge in [-0.15, -0.1) is 12.4 Å². The van der Waals surface area contributed by atoms with E-state index in [1.54, 1.807) is 12.1 Å². The maximum atomic E-state index is 12.3. The van der Waals surface area contributed by atoms with Crippen LogP contribution < -0.4 is 10.5 Å². The molecule has 0 radical (unpaired) electrons. The van der Waals surface area contributed by atoms with Crippen LogP contribution in [0.1, 0.15) is 31.2 Å². The zero-order chi connectivity index (χ0) is 13.9. The van der Waals surface area contributed by atoms with Crippen molar-refractivity contribution in [1.82, 2.24) is 4.72 Å². The molecule has 1 saturated carbocycles. The number of hydrogen-bond acceptors (Lipinski definition) is 4. The summed E-state index contributed by atoms with van der Waals surface area (Å²) >= 11 is 0. The molecule has 3 N–H and O–H groups in total. The number of nitrogens with one attached hydrogen (secondary N) is 1. The summed E-state index contributed by atoms with van der Waals surface area (Å²) in [5.41, 5.74) is 5.53. The zero-order valence-electron chi connectivity index (χ0n) is 11.0. The van der Waals surface area contributed by atoms with E-state index in [0.29, 0.717) is 12.1 Å². The van der Waals surface area contributed by atoms with E-state index in [-0.39, 0.29) is 17.3 Å². The molecule has 1 aliphatic rings. The number of nitrogens with two attached hydrogens (primary N) is 1. The van der Waals surface area contributed by atoms with Crippen LogP contribution in [0.15, 0.2) is 29.2 Å². The number of halogens is 1. The van der Waals surface area contributed by atoms with Gasteiger partial charge in [0.05, 0.1) is 16.5 Å². The van der Waals surface area contributed by atoms with E-state index in [1.165, 1.54) is 12.1 Å². The van der Waals surface area contributed by atoms with Crippen molar-refractivity contribution >= 4 is 22.4 Å². The first-order valence-corrected chi connectivity index (χ1v) is 7.74. The minimum absolute atomic E-state index is 0. The van der Waals surface area contributed by atoms with Crippen LogP contribution in [0.4, 0.5) is 0 Å². The Morgan fingerprint density at radius 2 is 2.00 bits per heavy atom. The van der Waals surface area contributed by atoms with Crippen LogP contribution in [0, 0.1) is 11.3 Å². The summed E-state index contributed by atoms with van der Waals surface area (Å²) in [5.74, 6) is 0. The lowest BCUT2D eigenvalue weighted by atomic mass is 10.0. The van der Waals surface area contributed by atoms with Gasteiger partial charge in [0.2, 0.25) is 10.0 Å². The summed E-state index contributed by atoms with van der Waals surface area (Å²) < 4.78 is 27.4. The van der Waals surface area contributed by atoms with Crippen LogP contribution in [0.2, 0.25) is 0 Å². The summed E-state index contributed by atoms with van der Waals surface area (Å²) in [6, 6.07) is 7.95. The lowest BCUT2D eigenvalue weighted by molar-refractivity contribution is 0.399. The predicted octanol–water partition coefficient (Wildman–Crippen LogP) is 1.53. The van der Waals surface area contributed by atoms with Gasteiger partial charge in [0, 0.05) is 12.1 Å². The highest BCUT2D eigenvalue weighted by atomic mass is 35.5. The number of benzene rings is 1. The average molecular weight is 316 g/mol. The second-order valence-electron chi connectivity index (χ2n) is 4.94. The monoisotopic (exact) mass is 315 g/mol. The highest BCUT2D eigenvalue weighted by molar-refractivity contribution is 7.89. The normalized spacial score (nSPS) is 17.2. The molecule has 0 atom stereocenters. The highest BCUT2D eigenvalue weighted by Gasteiger charge is 2.36. The maximum Gasteiger partial charge on any atom is 0.241 e. The third kappa shape index (κ3) is 3.49. The number of rotatable bonds is 4. The smallest absolute Gasteiger partial charge is 0.241 e. The van der Waals surface area contributed by atoms with E-state index < -0.39 is 15.6 Å². The van der Waals surface area contributed by atoms with Crippen molar-refractivity contribution in [3.63, 3.8) is 0 Å². The van der Waals surface area contributed by atoms with Gasteiger partial charge in [-0.1, -0.05) is 18.9 Å². The van der Waals surface area contributed by atoms with Crippen molar-refractivity contribution in [2.24, 2.45) is 5.73 Å². The minimum Gasteiger partial charge on any atom is -0.329 e. The predicted molar refractivity (Wildman–Crippen MR) is 79.0 cm³/mol. The van der Waals surface area contributed by atoms with Gasteiger partial charge >= 0.3 is 0 Å². The number of nitriles is 1. The van der Waals surface area contributed by atoms with E-state index in [4.69, 9.17) is 11.0 Å². The Kier molecular flexibility index (Phi) is 5.54. The van der Waals surface area contributed by atoms with Gasteiger partial charge in [-0.25, -0.2) is 13.1 Å².